The number of fused-ring (bicyclic) bond motifs is 2. The molecule has 0 radical (unpaired) electrons. The molecule has 0 saturated carbocycles. The second-order valence-electron chi connectivity index (χ2n) is 7.57. The summed E-state index contributed by atoms with van der Waals surface area (Å²) in [6.45, 7) is 6.57. The smallest absolute Gasteiger partial charge is 0.233 e. The van der Waals surface area contributed by atoms with Crippen molar-refractivity contribution in [2.45, 2.75) is 51.0 Å². The first-order chi connectivity index (χ1) is 14.2. The lowest BCUT2D eigenvalue weighted by Gasteiger charge is -2.30. The quantitative estimate of drug-likeness (QED) is 0.622. The van der Waals surface area contributed by atoms with E-state index in [1.165, 1.54) is 46.4 Å². The number of ether oxygens (including phenoxy) is 2. The molecule has 1 aliphatic heterocycles. The Hall–Kier alpha value is -2.14. The number of amides is 1. The molecule has 0 unspecified atom stereocenters. The molecule has 4 rings (SSSR count). The summed E-state index contributed by atoms with van der Waals surface area (Å²) in [6.07, 6.45) is 4.48. The number of rotatable bonds is 7. The first-order valence-corrected chi connectivity index (χ1v) is 11.6. The summed E-state index contributed by atoms with van der Waals surface area (Å²) in [6, 6.07) is 10.8. The first-order valence-electron chi connectivity index (χ1n) is 10.6. The van der Waals surface area contributed by atoms with Crippen molar-refractivity contribution in [2.75, 3.05) is 25.5 Å². The van der Waals surface area contributed by atoms with Crippen LogP contribution in [0, 0.1) is 0 Å². The van der Waals surface area contributed by atoms with Gasteiger partial charge in [0, 0.05) is 18.0 Å². The molecule has 1 heterocycles. The fourth-order valence-electron chi connectivity index (χ4n) is 4.19. The Morgan fingerprint density at radius 1 is 0.931 bits per heavy atom. The molecule has 0 fully saturated rings. The number of nitrogens with zero attached hydrogens (tertiary/aromatic N) is 1. The van der Waals surface area contributed by atoms with Gasteiger partial charge in [-0.1, -0.05) is 6.07 Å². The summed E-state index contributed by atoms with van der Waals surface area (Å²) in [4.78, 5) is 16.0. The summed E-state index contributed by atoms with van der Waals surface area (Å²) in [5.74, 6) is 2.27. The lowest BCUT2D eigenvalue weighted by Crippen LogP contribution is -2.37. The summed E-state index contributed by atoms with van der Waals surface area (Å²) < 4.78 is 11.5. The van der Waals surface area contributed by atoms with Gasteiger partial charge in [0.2, 0.25) is 5.91 Å². The topological polar surface area (TPSA) is 38.8 Å². The van der Waals surface area contributed by atoms with Gasteiger partial charge in [0.1, 0.15) is 0 Å². The maximum absolute atomic E-state index is 12.8. The minimum Gasteiger partial charge on any atom is -0.490 e. The van der Waals surface area contributed by atoms with Crippen LogP contribution in [-0.2, 0) is 30.6 Å². The molecular formula is C24H29NO3S. The van der Waals surface area contributed by atoms with Gasteiger partial charge in [-0.3, -0.25) is 4.79 Å². The Morgan fingerprint density at radius 3 is 2.38 bits per heavy atom. The normalized spacial score (nSPS) is 15.0. The average molecular weight is 412 g/mol. The van der Waals surface area contributed by atoms with E-state index in [1.54, 1.807) is 11.8 Å². The number of aryl methyl sites for hydroxylation is 2. The maximum Gasteiger partial charge on any atom is 0.233 e. The second kappa shape index (κ2) is 9.12. The Morgan fingerprint density at radius 2 is 1.62 bits per heavy atom. The van der Waals surface area contributed by atoms with Crippen molar-refractivity contribution >= 4 is 17.7 Å². The van der Waals surface area contributed by atoms with E-state index in [4.69, 9.17) is 9.47 Å². The predicted octanol–water partition coefficient (Wildman–Crippen LogP) is 4.65. The van der Waals surface area contributed by atoms with Crippen LogP contribution >= 0.6 is 11.8 Å². The van der Waals surface area contributed by atoms with Crippen molar-refractivity contribution in [3.63, 3.8) is 0 Å². The number of hydrogen-bond acceptors (Lipinski definition) is 4. The van der Waals surface area contributed by atoms with Crippen LogP contribution in [0.3, 0.4) is 0 Å². The van der Waals surface area contributed by atoms with Crippen LogP contribution < -0.4 is 9.47 Å². The van der Waals surface area contributed by atoms with Crippen LogP contribution in [0.5, 0.6) is 11.5 Å². The minimum absolute atomic E-state index is 0.202. The fourth-order valence-corrected chi connectivity index (χ4v) is 5.05. The van der Waals surface area contributed by atoms with E-state index < -0.39 is 0 Å². The summed E-state index contributed by atoms with van der Waals surface area (Å²) in [5.41, 5.74) is 5.36. The highest BCUT2D eigenvalue weighted by Gasteiger charge is 2.23. The molecule has 29 heavy (non-hydrogen) atoms. The molecule has 0 atom stereocenters. The van der Waals surface area contributed by atoms with Crippen molar-refractivity contribution in [1.82, 2.24) is 4.90 Å². The van der Waals surface area contributed by atoms with Gasteiger partial charge in [-0.05, 0) is 86.1 Å². The van der Waals surface area contributed by atoms with Crippen molar-refractivity contribution in [3.05, 3.63) is 52.6 Å². The van der Waals surface area contributed by atoms with Gasteiger partial charge in [0.05, 0.1) is 19.0 Å². The molecule has 5 heteroatoms. The number of thioether (sulfide) groups is 1. The third-order valence-corrected chi connectivity index (χ3v) is 6.64. The first kappa shape index (κ1) is 20.1. The summed E-state index contributed by atoms with van der Waals surface area (Å²) in [7, 11) is 0. The summed E-state index contributed by atoms with van der Waals surface area (Å²) in [5, 5.41) is 0. The van der Waals surface area contributed by atoms with Gasteiger partial charge in [-0.2, -0.15) is 0 Å². The molecule has 2 aromatic rings. The Balaban J connectivity index is 1.40. The van der Waals surface area contributed by atoms with E-state index >= 15 is 0 Å². The van der Waals surface area contributed by atoms with Gasteiger partial charge in [0.15, 0.2) is 11.5 Å². The molecule has 1 amide bonds. The number of benzene rings is 2. The van der Waals surface area contributed by atoms with Gasteiger partial charge in [0.25, 0.3) is 0 Å². The highest BCUT2D eigenvalue weighted by Crippen LogP contribution is 2.34. The predicted molar refractivity (Wildman–Crippen MR) is 117 cm³/mol. The van der Waals surface area contributed by atoms with E-state index in [0.717, 1.165) is 24.5 Å². The van der Waals surface area contributed by atoms with Gasteiger partial charge in [-0.15, -0.1) is 11.8 Å². The zero-order valence-electron chi connectivity index (χ0n) is 17.3. The molecule has 0 N–H and O–H groups in total. The SMILES string of the molecule is CCOc1cc2c(cc1OCC)CN(C(=O)CSc1ccc3c(c1)CCC3)CC2. The molecular weight excluding hydrogens is 382 g/mol. The molecule has 154 valence electrons. The number of hydrogen-bond donors (Lipinski definition) is 0. The van der Waals surface area contributed by atoms with E-state index in [1.807, 2.05) is 18.7 Å². The van der Waals surface area contributed by atoms with Crippen molar-refractivity contribution in [3.8, 4) is 11.5 Å². The molecule has 0 spiro atoms. The van der Waals surface area contributed by atoms with Crippen molar-refractivity contribution < 1.29 is 14.3 Å². The lowest BCUT2D eigenvalue weighted by molar-refractivity contribution is -0.129. The Labute approximate surface area is 177 Å². The fraction of sp³-hybridized carbons (Fsp3) is 0.458. The average Bonchev–Trinajstić information content (AvgIpc) is 3.20. The monoisotopic (exact) mass is 411 g/mol. The lowest BCUT2D eigenvalue weighted by atomic mass is 9.99. The molecule has 2 aromatic carbocycles. The largest absolute Gasteiger partial charge is 0.490 e. The van der Waals surface area contributed by atoms with E-state index in [2.05, 4.69) is 30.3 Å². The van der Waals surface area contributed by atoms with Crippen LogP contribution in [0.15, 0.2) is 35.2 Å². The van der Waals surface area contributed by atoms with Crippen molar-refractivity contribution in [1.29, 1.82) is 0 Å². The van der Waals surface area contributed by atoms with Crippen LogP contribution in [0.2, 0.25) is 0 Å². The number of carbonyl (C=O) groups excluding carboxylic acids is 1. The molecule has 4 nitrogen and oxygen atoms in total. The van der Waals surface area contributed by atoms with Crippen LogP contribution in [-0.4, -0.2) is 36.3 Å². The third kappa shape index (κ3) is 4.55. The standard InChI is InChI=1S/C24H29NO3S/c1-3-27-22-13-19-10-11-25(15-20(19)14-23(22)28-4-2)24(26)16-29-21-9-8-17-6-5-7-18(17)12-21/h8-9,12-14H,3-7,10-11,15-16H2,1-2H3. The Bertz CT molecular complexity index is 896. The zero-order valence-corrected chi connectivity index (χ0v) is 18.1. The third-order valence-electron chi connectivity index (χ3n) is 5.66. The molecule has 0 aromatic heterocycles. The molecule has 1 aliphatic carbocycles. The van der Waals surface area contributed by atoms with E-state index in [0.29, 0.717) is 25.5 Å². The highest BCUT2D eigenvalue weighted by atomic mass is 32.2. The van der Waals surface area contributed by atoms with E-state index in [-0.39, 0.29) is 5.91 Å². The second-order valence-corrected chi connectivity index (χ2v) is 8.62. The van der Waals surface area contributed by atoms with Gasteiger partial charge >= 0.3 is 0 Å². The highest BCUT2D eigenvalue weighted by molar-refractivity contribution is 8.00. The van der Waals surface area contributed by atoms with Gasteiger partial charge < -0.3 is 14.4 Å². The van der Waals surface area contributed by atoms with Crippen LogP contribution in [0.4, 0.5) is 0 Å². The minimum atomic E-state index is 0.202. The maximum atomic E-state index is 12.8. The van der Waals surface area contributed by atoms with Crippen molar-refractivity contribution in [2.24, 2.45) is 0 Å². The molecule has 2 aliphatic rings. The zero-order chi connectivity index (χ0) is 20.2. The molecule has 0 bridgehead atoms. The Kier molecular flexibility index (Phi) is 6.34. The van der Waals surface area contributed by atoms with Crippen LogP contribution in [0.25, 0.3) is 0 Å². The number of carbonyl (C=O) groups is 1. The summed E-state index contributed by atoms with van der Waals surface area (Å²) >= 11 is 1.65. The molecule has 0 saturated heterocycles. The van der Waals surface area contributed by atoms with E-state index in [9.17, 15) is 4.79 Å². The van der Waals surface area contributed by atoms with Crippen LogP contribution in [0.1, 0.15) is 42.5 Å². The van der Waals surface area contributed by atoms with Gasteiger partial charge in [-0.25, -0.2) is 0 Å².